The highest BCUT2D eigenvalue weighted by Crippen LogP contribution is 2.31. The number of thiazole rings is 1. The molecule has 1 aromatic heterocycles. The first kappa shape index (κ1) is 27.0. The van der Waals surface area contributed by atoms with Crippen LogP contribution in [0.3, 0.4) is 0 Å². The molecule has 12 heteroatoms. The van der Waals surface area contributed by atoms with Gasteiger partial charge in [0.1, 0.15) is 0 Å². The number of nitrogens with zero attached hydrogens (tertiary/aromatic N) is 5. The van der Waals surface area contributed by atoms with Crippen molar-refractivity contribution in [1.29, 1.82) is 0 Å². The summed E-state index contributed by atoms with van der Waals surface area (Å²) < 4.78 is 27.9. The summed E-state index contributed by atoms with van der Waals surface area (Å²) >= 11 is 1.29. The molecule has 0 saturated heterocycles. The summed E-state index contributed by atoms with van der Waals surface area (Å²) in [6.45, 7) is 6.16. The zero-order valence-electron chi connectivity index (χ0n) is 20.9. The number of sulfonamides is 1. The van der Waals surface area contributed by atoms with Gasteiger partial charge in [-0.3, -0.25) is 14.9 Å². The van der Waals surface area contributed by atoms with Crippen molar-refractivity contribution in [3.05, 3.63) is 93.5 Å². The van der Waals surface area contributed by atoms with Crippen LogP contribution in [0.4, 0.5) is 10.8 Å². The van der Waals surface area contributed by atoms with Crippen LogP contribution < -0.4 is 5.01 Å². The van der Waals surface area contributed by atoms with Crippen LogP contribution in [0, 0.1) is 17.0 Å². The first-order valence-corrected chi connectivity index (χ1v) is 14.0. The summed E-state index contributed by atoms with van der Waals surface area (Å²) in [6.07, 6.45) is 1.41. The van der Waals surface area contributed by atoms with Crippen molar-refractivity contribution in [2.45, 2.75) is 25.7 Å². The van der Waals surface area contributed by atoms with Gasteiger partial charge in [-0.25, -0.2) is 13.4 Å². The second-order valence-electron chi connectivity index (χ2n) is 8.29. The molecule has 0 spiro atoms. The summed E-state index contributed by atoms with van der Waals surface area (Å²) in [6, 6.07) is 17.2. The third-order valence-corrected chi connectivity index (χ3v) is 8.83. The fraction of sp³-hybridized carbons (Fsp3) is 0.192. The Hall–Kier alpha value is -4.00. The van der Waals surface area contributed by atoms with Crippen LogP contribution in [0.25, 0.3) is 10.2 Å². The highest BCUT2D eigenvalue weighted by molar-refractivity contribution is 7.89. The van der Waals surface area contributed by atoms with E-state index < -0.39 is 20.9 Å². The smallest absolute Gasteiger partial charge is 0.267 e. The zero-order chi connectivity index (χ0) is 27.4. The minimum absolute atomic E-state index is 0.0589. The standard InChI is InChI=1S/C26H25N5O5S2/c1-4-29(5-2)38(35,36)22-13-9-20(10-14-22)25(32)30(26-28-23-15-6-18(3)16-24(23)37-26)27-17-19-7-11-21(12-8-19)31(33)34/h6-17H,4-5H2,1-3H3/b27-17+. The molecule has 4 aromatic rings. The maximum Gasteiger partial charge on any atom is 0.280 e. The molecule has 0 unspecified atom stereocenters. The van der Waals surface area contributed by atoms with Crippen LogP contribution in [-0.2, 0) is 10.0 Å². The van der Waals surface area contributed by atoms with Crippen molar-refractivity contribution < 1.29 is 18.1 Å². The Labute approximate surface area is 224 Å². The molecule has 196 valence electrons. The van der Waals surface area contributed by atoms with Gasteiger partial charge in [-0.05, 0) is 66.6 Å². The lowest BCUT2D eigenvalue weighted by Crippen LogP contribution is -2.30. The fourth-order valence-electron chi connectivity index (χ4n) is 3.71. The largest absolute Gasteiger partial charge is 0.280 e. The summed E-state index contributed by atoms with van der Waals surface area (Å²) in [4.78, 5) is 28.7. The van der Waals surface area contributed by atoms with E-state index in [9.17, 15) is 23.3 Å². The van der Waals surface area contributed by atoms with Crippen molar-refractivity contribution in [2.75, 3.05) is 18.1 Å². The Morgan fingerprint density at radius 1 is 1.05 bits per heavy atom. The number of carbonyl (C=O) groups excluding carboxylic acids is 1. The molecule has 10 nitrogen and oxygen atoms in total. The van der Waals surface area contributed by atoms with Gasteiger partial charge in [-0.1, -0.05) is 31.3 Å². The molecule has 0 fully saturated rings. The Morgan fingerprint density at radius 2 is 1.71 bits per heavy atom. The molecule has 0 radical (unpaired) electrons. The third kappa shape index (κ3) is 5.62. The highest BCUT2D eigenvalue weighted by Gasteiger charge is 2.24. The summed E-state index contributed by atoms with van der Waals surface area (Å²) in [5.74, 6) is -0.509. The topological polar surface area (TPSA) is 126 Å². The molecular weight excluding hydrogens is 526 g/mol. The molecule has 0 aliphatic carbocycles. The second kappa shape index (κ2) is 11.2. The number of hydrogen-bond acceptors (Lipinski definition) is 8. The van der Waals surface area contributed by atoms with Crippen LogP contribution in [0.5, 0.6) is 0 Å². The van der Waals surface area contributed by atoms with E-state index in [-0.39, 0.29) is 16.1 Å². The van der Waals surface area contributed by atoms with Gasteiger partial charge >= 0.3 is 0 Å². The maximum atomic E-state index is 13.6. The monoisotopic (exact) mass is 551 g/mol. The molecule has 0 aliphatic heterocycles. The SMILES string of the molecule is CCN(CC)S(=O)(=O)c1ccc(C(=O)N(/N=C/c2ccc([N+](=O)[O-])cc2)c2nc3ccc(C)cc3s2)cc1. The molecule has 0 aliphatic rings. The van der Waals surface area contributed by atoms with Gasteiger partial charge in [0.2, 0.25) is 15.2 Å². The van der Waals surface area contributed by atoms with Gasteiger partial charge in [0.15, 0.2) is 0 Å². The number of aromatic nitrogens is 1. The minimum Gasteiger partial charge on any atom is -0.267 e. The van der Waals surface area contributed by atoms with Gasteiger partial charge in [0.25, 0.3) is 11.6 Å². The van der Waals surface area contributed by atoms with E-state index in [0.29, 0.717) is 29.3 Å². The maximum absolute atomic E-state index is 13.6. The number of hydrogen-bond donors (Lipinski definition) is 0. The van der Waals surface area contributed by atoms with Crippen LogP contribution in [0.2, 0.25) is 0 Å². The van der Waals surface area contributed by atoms with Crippen molar-refractivity contribution in [3.63, 3.8) is 0 Å². The number of amides is 1. The molecule has 0 saturated carbocycles. The number of nitro groups is 1. The van der Waals surface area contributed by atoms with Gasteiger partial charge in [0, 0.05) is 30.8 Å². The minimum atomic E-state index is -3.67. The van der Waals surface area contributed by atoms with E-state index in [1.54, 1.807) is 13.8 Å². The Bertz CT molecular complexity index is 1610. The number of anilines is 1. The number of non-ortho nitro benzene ring substituents is 1. The van der Waals surface area contributed by atoms with E-state index in [1.807, 2.05) is 25.1 Å². The predicted molar refractivity (Wildman–Crippen MR) is 148 cm³/mol. The van der Waals surface area contributed by atoms with Gasteiger partial charge < -0.3 is 0 Å². The first-order chi connectivity index (χ1) is 18.1. The molecule has 0 bridgehead atoms. The van der Waals surface area contributed by atoms with Crippen LogP contribution in [-0.4, -0.2) is 47.8 Å². The molecule has 1 amide bonds. The number of rotatable bonds is 9. The van der Waals surface area contributed by atoms with E-state index in [1.165, 1.54) is 70.4 Å². The second-order valence-corrected chi connectivity index (χ2v) is 11.2. The first-order valence-electron chi connectivity index (χ1n) is 11.7. The molecular formula is C26H25N5O5S2. The number of carbonyl (C=O) groups is 1. The average Bonchev–Trinajstić information content (AvgIpc) is 3.32. The van der Waals surface area contributed by atoms with E-state index in [2.05, 4.69) is 10.1 Å². The predicted octanol–water partition coefficient (Wildman–Crippen LogP) is 5.22. The Morgan fingerprint density at radius 3 is 2.32 bits per heavy atom. The van der Waals surface area contributed by atoms with Gasteiger partial charge in [-0.15, -0.1) is 0 Å². The molecule has 4 rings (SSSR count). The molecule has 1 heterocycles. The van der Waals surface area contributed by atoms with E-state index in [4.69, 9.17) is 0 Å². The summed E-state index contributed by atoms with van der Waals surface area (Å²) in [5.41, 5.74) is 2.46. The lowest BCUT2D eigenvalue weighted by Gasteiger charge is -2.19. The summed E-state index contributed by atoms with van der Waals surface area (Å²) in [5, 5.41) is 16.8. The summed E-state index contributed by atoms with van der Waals surface area (Å²) in [7, 11) is -3.67. The molecule has 0 atom stereocenters. The van der Waals surface area contributed by atoms with Crippen molar-refractivity contribution in [1.82, 2.24) is 9.29 Å². The van der Waals surface area contributed by atoms with Crippen molar-refractivity contribution >= 4 is 54.5 Å². The number of fused-ring (bicyclic) bond motifs is 1. The molecule has 0 N–H and O–H groups in total. The van der Waals surface area contributed by atoms with Crippen LogP contribution in [0.1, 0.15) is 35.3 Å². The Balaban J connectivity index is 1.71. The normalized spacial score (nSPS) is 11.9. The van der Waals surface area contributed by atoms with E-state index >= 15 is 0 Å². The number of nitro benzene ring substituents is 1. The Kier molecular flexibility index (Phi) is 7.95. The quantitative estimate of drug-likeness (QED) is 0.159. The molecule has 3 aromatic carbocycles. The van der Waals surface area contributed by atoms with Gasteiger partial charge in [0.05, 0.1) is 26.3 Å². The van der Waals surface area contributed by atoms with E-state index in [0.717, 1.165) is 15.3 Å². The number of aryl methyl sites for hydroxylation is 1. The van der Waals surface area contributed by atoms with Crippen LogP contribution >= 0.6 is 11.3 Å². The average molecular weight is 552 g/mol. The molecule has 38 heavy (non-hydrogen) atoms. The lowest BCUT2D eigenvalue weighted by molar-refractivity contribution is -0.384. The zero-order valence-corrected chi connectivity index (χ0v) is 22.6. The lowest BCUT2D eigenvalue weighted by atomic mass is 10.2. The van der Waals surface area contributed by atoms with Crippen molar-refractivity contribution in [2.24, 2.45) is 5.10 Å². The van der Waals surface area contributed by atoms with Crippen LogP contribution in [0.15, 0.2) is 76.7 Å². The highest BCUT2D eigenvalue weighted by atomic mass is 32.2. The number of benzene rings is 3. The van der Waals surface area contributed by atoms with Gasteiger partial charge in [-0.2, -0.15) is 14.4 Å². The number of hydrazone groups is 1. The fourth-order valence-corrected chi connectivity index (χ4v) is 6.19. The third-order valence-electron chi connectivity index (χ3n) is 5.78. The van der Waals surface area contributed by atoms with Crippen molar-refractivity contribution in [3.8, 4) is 0 Å².